The Morgan fingerprint density at radius 2 is 1.67 bits per heavy atom. The van der Waals surface area contributed by atoms with Crippen LogP contribution in [0.3, 0.4) is 0 Å². The third-order valence-electron chi connectivity index (χ3n) is 0.189. The van der Waals surface area contributed by atoms with Crippen molar-refractivity contribution in [3.05, 3.63) is 0 Å². The number of nitriles is 2. The van der Waals surface area contributed by atoms with Gasteiger partial charge in [-0.3, -0.25) is 0 Å². The Kier molecular flexibility index (Phi) is 3.10. The number of nitrogens with zero attached hydrogens (tertiary/aromatic N) is 2. The first-order chi connectivity index (χ1) is 2.81. The number of rotatable bonds is 0. The van der Waals surface area contributed by atoms with Gasteiger partial charge in [0.05, 0.1) is 0 Å². The fourth-order valence-electron chi connectivity index (χ4n) is 0.0224. The van der Waals surface area contributed by atoms with Crippen molar-refractivity contribution in [2.75, 3.05) is 0 Å². The molecule has 0 saturated carbocycles. The monoisotopic (exact) mass is 164 g/mol. The third-order valence-corrected chi connectivity index (χ3v) is 1.69. The van der Waals surface area contributed by atoms with E-state index in [0.717, 1.165) is 0 Å². The fraction of sp³-hybridized carbons (Fsp3) is 0. The molecule has 0 unspecified atom stereocenters. The Hall–Kier alpha value is -0.0705. The van der Waals surface area contributed by atoms with Gasteiger partial charge in [-0.15, -0.1) is 0 Å². The molecule has 2 nitrogen and oxygen atoms in total. The van der Waals surface area contributed by atoms with Crippen LogP contribution in [0.1, 0.15) is 0 Å². The molecule has 0 spiro atoms. The van der Waals surface area contributed by atoms with E-state index < -0.39 is 6.61 Å². The summed E-state index contributed by atoms with van der Waals surface area (Å²) in [6, 6.07) is 0. The predicted octanol–water partition coefficient (Wildman–Crippen LogP) is 0.246. The van der Waals surface area contributed by atoms with Gasteiger partial charge in [-0.25, -0.2) is 0 Å². The Morgan fingerprint density at radius 3 is 1.67 bits per heavy atom. The fourth-order valence-corrected chi connectivity index (χ4v) is 0.0671. The van der Waals surface area contributed by atoms with E-state index in [1.807, 2.05) is 15.6 Å². The molecule has 0 aromatic rings. The second kappa shape index (κ2) is 3.13. The topological polar surface area (TPSA) is 47.6 Å². The van der Waals surface area contributed by atoms with E-state index in [1.165, 1.54) is 0 Å². The summed E-state index contributed by atoms with van der Waals surface area (Å²) in [4.78, 5) is 0. The summed E-state index contributed by atoms with van der Waals surface area (Å²) < 4.78 is 0. The molecule has 0 fully saturated rings. The summed E-state index contributed by atoms with van der Waals surface area (Å²) in [7, 11) is 0. The second-order valence-corrected chi connectivity index (χ2v) is 4.05. The first kappa shape index (κ1) is 5.93. The average molecular weight is 163 g/mol. The van der Waals surface area contributed by atoms with Crippen LogP contribution in [0, 0.1) is 22.1 Å². The van der Waals surface area contributed by atoms with E-state index in [-0.39, 0.29) is 0 Å². The number of hydrogen-bond acceptors (Lipinski definition) is 2. The van der Waals surface area contributed by atoms with Gasteiger partial charge in [0.15, 0.2) is 0 Å². The number of hydrogen-bond donors (Lipinski definition) is 0. The van der Waals surface area contributed by atoms with Crippen LogP contribution in [-0.2, 0) is 0 Å². The second-order valence-electron chi connectivity index (χ2n) is 0.512. The molecule has 0 saturated heterocycles. The maximum absolute atomic E-state index is 7.88. The third kappa shape index (κ3) is 2.18. The molecule has 0 bridgehead atoms. The van der Waals surface area contributed by atoms with Crippen molar-refractivity contribution in [1.29, 1.82) is 10.5 Å². The predicted molar refractivity (Wildman–Crippen MR) is 25.3 cm³/mol. The zero-order valence-electron chi connectivity index (χ0n) is 2.79. The molecule has 0 N–H and O–H groups in total. The Bertz CT molecular complexity index is 95.7. The molecule has 0 aliphatic carbocycles. The molecule has 0 aromatic carbocycles. The molecule has 0 heterocycles. The van der Waals surface area contributed by atoms with Gasteiger partial charge in [-0.05, 0) is 0 Å². The molecule has 6 heavy (non-hydrogen) atoms. The van der Waals surface area contributed by atoms with Crippen molar-refractivity contribution in [2.24, 2.45) is 0 Å². The van der Waals surface area contributed by atoms with Crippen LogP contribution in [-0.4, -0.2) is 15.6 Å². The van der Waals surface area contributed by atoms with E-state index in [4.69, 9.17) is 10.5 Å². The van der Waals surface area contributed by atoms with E-state index in [9.17, 15) is 0 Å². The molecule has 0 amide bonds. The van der Waals surface area contributed by atoms with Crippen molar-refractivity contribution < 1.29 is 0 Å². The van der Waals surface area contributed by atoms with E-state index >= 15 is 0 Å². The first-order valence-corrected chi connectivity index (χ1v) is 4.91. The molecule has 0 aromatic heterocycles. The van der Waals surface area contributed by atoms with Gasteiger partial charge in [0, 0.05) is 0 Å². The van der Waals surface area contributed by atoms with Gasteiger partial charge in [-0.1, -0.05) is 0 Å². The molecule has 0 aliphatic heterocycles. The minimum absolute atomic E-state index is 1.03. The molecule has 0 aliphatic rings. The Labute approximate surface area is 44.9 Å². The summed E-state index contributed by atoms with van der Waals surface area (Å²) in [5.74, 6) is 3.58. The molecule has 0 radical (unpaired) electrons. The molecular formula is C2HN2PSe. The molecule has 4 heteroatoms. The zero-order chi connectivity index (χ0) is 4.99. The quantitative estimate of drug-likeness (QED) is 0.379. The molecule has 0 rings (SSSR count). The van der Waals surface area contributed by atoms with Gasteiger partial charge in [0.2, 0.25) is 0 Å². The van der Waals surface area contributed by atoms with Crippen molar-refractivity contribution in [2.45, 2.75) is 0 Å². The Balaban J connectivity index is 3.40. The normalized spacial score (nSPS) is 6.67. The summed E-state index contributed by atoms with van der Waals surface area (Å²) >= 11 is 2.02. The van der Waals surface area contributed by atoms with Crippen LogP contribution in [0.25, 0.3) is 0 Å². The van der Waals surface area contributed by atoms with Crippen LogP contribution in [0.5, 0.6) is 0 Å². The maximum atomic E-state index is 7.88. The molecule has 0 atom stereocenters. The van der Waals surface area contributed by atoms with Crippen molar-refractivity contribution in [3.8, 4) is 11.6 Å². The SMILES string of the molecule is N#CP([SeH])C#N. The van der Waals surface area contributed by atoms with Gasteiger partial charge in [0.1, 0.15) is 0 Å². The summed E-state index contributed by atoms with van der Waals surface area (Å²) in [5, 5.41) is 15.8. The van der Waals surface area contributed by atoms with Gasteiger partial charge < -0.3 is 0 Å². The van der Waals surface area contributed by atoms with Crippen LogP contribution in [0.2, 0.25) is 0 Å². The van der Waals surface area contributed by atoms with Crippen LogP contribution in [0.15, 0.2) is 0 Å². The van der Waals surface area contributed by atoms with E-state index in [1.54, 1.807) is 11.6 Å². The van der Waals surface area contributed by atoms with Gasteiger partial charge in [-0.2, -0.15) is 0 Å². The standard InChI is InChI=1S/C2HN2PSe/c3-1-5(6)2-4/h6H. The summed E-state index contributed by atoms with van der Waals surface area (Å²) in [5.41, 5.74) is 0. The Morgan fingerprint density at radius 1 is 1.33 bits per heavy atom. The molecule has 30 valence electrons. The van der Waals surface area contributed by atoms with Gasteiger partial charge >= 0.3 is 44.3 Å². The average Bonchev–Trinajstić information content (AvgIpc) is 1.65. The van der Waals surface area contributed by atoms with E-state index in [0.29, 0.717) is 0 Å². The summed E-state index contributed by atoms with van der Waals surface area (Å²) in [6.45, 7) is -1.03. The van der Waals surface area contributed by atoms with Crippen molar-refractivity contribution in [3.63, 3.8) is 0 Å². The van der Waals surface area contributed by atoms with Crippen LogP contribution >= 0.6 is 6.61 Å². The zero-order valence-corrected chi connectivity index (χ0v) is 5.56. The van der Waals surface area contributed by atoms with Crippen molar-refractivity contribution in [1.82, 2.24) is 0 Å². The van der Waals surface area contributed by atoms with Crippen LogP contribution in [0.4, 0.5) is 0 Å². The minimum atomic E-state index is -1.03. The van der Waals surface area contributed by atoms with Crippen LogP contribution < -0.4 is 0 Å². The summed E-state index contributed by atoms with van der Waals surface area (Å²) in [6.07, 6.45) is 0. The molecular weight excluding hydrogens is 162 g/mol. The van der Waals surface area contributed by atoms with E-state index in [2.05, 4.69) is 0 Å². The van der Waals surface area contributed by atoms with Gasteiger partial charge in [0.25, 0.3) is 0 Å². The van der Waals surface area contributed by atoms with Crippen molar-refractivity contribution >= 4 is 22.2 Å². The first-order valence-electron chi connectivity index (χ1n) is 1.09.